The van der Waals surface area contributed by atoms with Crippen LogP contribution in [0.5, 0.6) is 0 Å². The second-order valence-electron chi connectivity index (χ2n) is 6.90. The molecule has 0 atom stereocenters. The maximum Gasteiger partial charge on any atom is 0.313 e. The zero-order valence-electron chi connectivity index (χ0n) is 13.5. The molecule has 1 fully saturated rings. The number of esters is 1. The summed E-state index contributed by atoms with van der Waals surface area (Å²) >= 11 is 0. The van der Waals surface area contributed by atoms with E-state index in [1.165, 1.54) is 12.8 Å². The molecular weight excluding hydrogens is 262 g/mol. The fraction of sp³-hybridized carbons (Fsp3) is 0.611. The van der Waals surface area contributed by atoms with Gasteiger partial charge >= 0.3 is 5.97 Å². The third kappa shape index (κ3) is 4.85. The first kappa shape index (κ1) is 16.0. The number of likely N-dealkylation sites (tertiary alicyclic amines) is 1. The van der Waals surface area contributed by atoms with E-state index in [1.807, 2.05) is 44.2 Å². The highest BCUT2D eigenvalue weighted by molar-refractivity contribution is 5.76. The molecule has 1 aliphatic rings. The Labute approximate surface area is 128 Å². The molecule has 0 N–H and O–H groups in total. The van der Waals surface area contributed by atoms with Gasteiger partial charge in [0.1, 0.15) is 6.61 Å². The van der Waals surface area contributed by atoms with Crippen LogP contribution in [0.4, 0.5) is 0 Å². The highest BCUT2D eigenvalue weighted by Gasteiger charge is 2.32. The topological polar surface area (TPSA) is 29.5 Å². The molecule has 1 aliphatic heterocycles. The molecule has 0 aliphatic carbocycles. The minimum atomic E-state index is -0.449. The van der Waals surface area contributed by atoms with E-state index in [0.717, 1.165) is 31.1 Å². The average molecular weight is 289 g/mol. The summed E-state index contributed by atoms with van der Waals surface area (Å²) in [5.41, 5.74) is 0.587. The van der Waals surface area contributed by atoms with E-state index in [-0.39, 0.29) is 5.97 Å². The molecule has 0 radical (unpaired) electrons. The molecular formula is C18H27NO2. The summed E-state index contributed by atoms with van der Waals surface area (Å²) in [6, 6.07) is 9.84. The number of hydrogen-bond acceptors (Lipinski definition) is 3. The van der Waals surface area contributed by atoms with Crippen LogP contribution in [0.15, 0.2) is 30.3 Å². The van der Waals surface area contributed by atoms with Gasteiger partial charge in [-0.05, 0) is 51.3 Å². The van der Waals surface area contributed by atoms with Crippen molar-refractivity contribution >= 4 is 5.97 Å². The zero-order valence-corrected chi connectivity index (χ0v) is 13.5. The Morgan fingerprint density at radius 3 is 2.48 bits per heavy atom. The van der Waals surface area contributed by atoms with Gasteiger partial charge in [-0.1, -0.05) is 37.3 Å². The maximum absolute atomic E-state index is 12.3. The minimum absolute atomic E-state index is 0.107. The van der Waals surface area contributed by atoms with Crippen LogP contribution in [0.2, 0.25) is 0 Å². The van der Waals surface area contributed by atoms with Crippen molar-refractivity contribution in [2.24, 2.45) is 11.3 Å². The largest absolute Gasteiger partial charge is 0.460 e. The van der Waals surface area contributed by atoms with E-state index in [9.17, 15) is 4.79 Å². The van der Waals surface area contributed by atoms with Gasteiger partial charge in [0.25, 0.3) is 0 Å². The molecule has 0 amide bonds. The van der Waals surface area contributed by atoms with Crippen molar-refractivity contribution < 1.29 is 9.53 Å². The van der Waals surface area contributed by atoms with Crippen LogP contribution in [-0.2, 0) is 16.1 Å². The number of nitrogens with zero attached hydrogens (tertiary/aromatic N) is 1. The van der Waals surface area contributed by atoms with Crippen LogP contribution in [-0.4, -0.2) is 30.5 Å². The van der Waals surface area contributed by atoms with Gasteiger partial charge in [0.05, 0.1) is 5.41 Å². The van der Waals surface area contributed by atoms with Crippen LogP contribution in [0.1, 0.15) is 39.2 Å². The van der Waals surface area contributed by atoms with Crippen LogP contribution in [0.3, 0.4) is 0 Å². The van der Waals surface area contributed by atoms with E-state index in [2.05, 4.69) is 11.8 Å². The first-order chi connectivity index (χ1) is 9.97. The number of carbonyl (C=O) groups is 1. The lowest BCUT2D eigenvalue weighted by molar-refractivity contribution is -0.156. The molecule has 3 nitrogen and oxygen atoms in total. The third-order valence-corrected chi connectivity index (χ3v) is 4.26. The second kappa shape index (κ2) is 7.08. The van der Waals surface area contributed by atoms with Crippen molar-refractivity contribution in [3.63, 3.8) is 0 Å². The fourth-order valence-corrected chi connectivity index (χ4v) is 2.76. The molecule has 116 valence electrons. The van der Waals surface area contributed by atoms with Gasteiger partial charge in [-0.25, -0.2) is 0 Å². The summed E-state index contributed by atoms with van der Waals surface area (Å²) in [6.45, 7) is 9.61. The molecule has 1 heterocycles. The van der Waals surface area contributed by atoms with Gasteiger partial charge in [0, 0.05) is 6.54 Å². The molecule has 0 saturated carbocycles. The number of hydrogen-bond donors (Lipinski definition) is 0. The van der Waals surface area contributed by atoms with Gasteiger partial charge in [-0.3, -0.25) is 4.79 Å². The van der Waals surface area contributed by atoms with E-state index >= 15 is 0 Å². The Kier molecular flexibility index (Phi) is 5.40. The quantitative estimate of drug-likeness (QED) is 0.777. The van der Waals surface area contributed by atoms with Crippen molar-refractivity contribution in [1.82, 2.24) is 4.90 Å². The Morgan fingerprint density at radius 2 is 1.86 bits per heavy atom. The van der Waals surface area contributed by atoms with E-state index in [1.54, 1.807) is 0 Å². The summed E-state index contributed by atoms with van der Waals surface area (Å²) in [7, 11) is 0. The van der Waals surface area contributed by atoms with Crippen LogP contribution >= 0.6 is 0 Å². The summed E-state index contributed by atoms with van der Waals surface area (Å²) in [5.74, 6) is 0.708. The van der Waals surface area contributed by atoms with Crippen molar-refractivity contribution in [1.29, 1.82) is 0 Å². The predicted octanol–water partition coefficient (Wildman–Crippen LogP) is 3.49. The lowest BCUT2D eigenvalue weighted by atomic mass is 9.90. The number of rotatable bonds is 5. The first-order valence-corrected chi connectivity index (χ1v) is 7.91. The fourth-order valence-electron chi connectivity index (χ4n) is 2.76. The van der Waals surface area contributed by atoms with Crippen LogP contribution in [0, 0.1) is 11.3 Å². The van der Waals surface area contributed by atoms with Gasteiger partial charge in [0.15, 0.2) is 0 Å². The number of carbonyl (C=O) groups excluding carboxylic acids is 1. The van der Waals surface area contributed by atoms with Crippen LogP contribution in [0.25, 0.3) is 0 Å². The van der Waals surface area contributed by atoms with Gasteiger partial charge in [-0.15, -0.1) is 0 Å². The summed E-state index contributed by atoms with van der Waals surface area (Å²) in [6.07, 6.45) is 2.46. The van der Waals surface area contributed by atoms with Gasteiger partial charge in [-0.2, -0.15) is 0 Å². The SMILES string of the molecule is CC1CCN(CC(C)(C)C(=O)OCc2ccccc2)CC1. The number of ether oxygens (including phenoxy) is 1. The Balaban J connectivity index is 1.82. The monoisotopic (exact) mass is 289 g/mol. The summed E-state index contributed by atoms with van der Waals surface area (Å²) < 4.78 is 5.49. The Bertz CT molecular complexity index is 448. The second-order valence-corrected chi connectivity index (χ2v) is 6.90. The summed E-state index contributed by atoms with van der Waals surface area (Å²) in [4.78, 5) is 14.7. The van der Waals surface area contributed by atoms with E-state index in [4.69, 9.17) is 4.74 Å². The van der Waals surface area contributed by atoms with Gasteiger partial charge in [0.2, 0.25) is 0 Å². The van der Waals surface area contributed by atoms with Gasteiger partial charge < -0.3 is 9.64 Å². The molecule has 0 spiro atoms. The van der Waals surface area contributed by atoms with Crippen molar-refractivity contribution in [3.8, 4) is 0 Å². The molecule has 1 aromatic rings. The molecule has 3 heteroatoms. The normalized spacial score (nSPS) is 17.7. The molecule has 1 saturated heterocycles. The molecule has 0 bridgehead atoms. The highest BCUT2D eigenvalue weighted by atomic mass is 16.5. The van der Waals surface area contributed by atoms with Crippen molar-refractivity contribution in [2.45, 2.75) is 40.2 Å². The lowest BCUT2D eigenvalue weighted by Gasteiger charge is -2.35. The minimum Gasteiger partial charge on any atom is -0.460 e. The number of piperidine rings is 1. The molecule has 21 heavy (non-hydrogen) atoms. The number of benzene rings is 1. The lowest BCUT2D eigenvalue weighted by Crippen LogP contribution is -2.43. The maximum atomic E-state index is 12.3. The van der Waals surface area contributed by atoms with E-state index < -0.39 is 5.41 Å². The smallest absolute Gasteiger partial charge is 0.313 e. The summed E-state index contributed by atoms with van der Waals surface area (Å²) in [5, 5.41) is 0. The third-order valence-electron chi connectivity index (χ3n) is 4.26. The van der Waals surface area contributed by atoms with Crippen LogP contribution < -0.4 is 0 Å². The predicted molar refractivity (Wildman–Crippen MR) is 84.9 cm³/mol. The Morgan fingerprint density at radius 1 is 1.24 bits per heavy atom. The molecule has 2 rings (SSSR count). The molecule has 1 aromatic carbocycles. The standard InChI is InChI=1S/C18H27NO2/c1-15-9-11-19(12-10-15)14-18(2,3)17(20)21-13-16-7-5-4-6-8-16/h4-8,15H,9-14H2,1-3H3. The van der Waals surface area contributed by atoms with E-state index in [0.29, 0.717) is 6.61 Å². The zero-order chi connectivity index (χ0) is 15.3. The first-order valence-electron chi connectivity index (χ1n) is 7.91. The average Bonchev–Trinajstić information content (AvgIpc) is 2.48. The Hall–Kier alpha value is -1.35. The molecule has 0 unspecified atom stereocenters. The van der Waals surface area contributed by atoms with Crippen molar-refractivity contribution in [3.05, 3.63) is 35.9 Å². The highest BCUT2D eigenvalue weighted by Crippen LogP contribution is 2.24. The van der Waals surface area contributed by atoms with Crippen molar-refractivity contribution in [2.75, 3.05) is 19.6 Å². The molecule has 0 aromatic heterocycles.